The van der Waals surface area contributed by atoms with Gasteiger partial charge in [0, 0.05) is 18.7 Å². The van der Waals surface area contributed by atoms with Crippen molar-refractivity contribution >= 4 is 33.8 Å². The van der Waals surface area contributed by atoms with E-state index in [1.165, 1.54) is 23.8 Å². The Morgan fingerprint density at radius 1 is 0.972 bits per heavy atom. The number of aryl methyl sites for hydroxylation is 2. The Balaban J connectivity index is 1.53. The summed E-state index contributed by atoms with van der Waals surface area (Å²) in [7, 11) is 0. The van der Waals surface area contributed by atoms with Gasteiger partial charge in [-0.05, 0) is 43.0 Å². The fourth-order valence-corrected chi connectivity index (χ4v) is 4.33. The molecule has 0 fully saturated rings. The van der Waals surface area contributed by atoms with Crippen LogP contribution in [-0.4, -0.2) is 25.4 Å². The number of unbranched alkanes of at least 4 members (excludes halogenated alkanes) is 5. The largest absolute Gasteiger partial charge is 0.330 e. The van der Waals surface area contributed by atoms with E-state index in [-0.39, 0.29) is 23.6 Å². The van der Waals surface area contributed by atoms with Crippen LogP contribution in [0.4, 0.5) is 5.69 Å². The van der Waals surface area contributed by atoms with Crippen LogP contribution >= 0.6 is 0 Å². The van der Waals surface area contributed by atoms with E-state index in [0.717, 1.165) is 30.4 Å². The van der Waals surface area contributed by atoms with Crippen molar-refractivity contribution in [2.45, 2.75) is 71.8 Å². The lowest BCUT2D eigenvalue weighted by atomic mass is 10.1. The Hall–Kier alpha value is -3.81. The van der Waals surface area contributed by atoms with Gasteiger partial charge in [-0.3, -0.25) is 19.1 Å². The number of nitrogens with one attached hydrogen (secondary N) is 2. The molecule has 0 spiro atoms. The Morgan fingerprint density at radius 2 is 1.69 bits per heavy atom. The van der Waals surface area contributed by atoms with Crippen LogP contribution in [0.2, 0.25) is 0 Å². The van der Waals surface area contributed by atoms with Crippen LogP contribution < -0.4 is 16.6 Å². The summed E-state index contributed by atoms with van der Waals surface area (Å²) in [5, 5.41) is 2.97. The van der Waals surface area contributed by atoms with Crippen LogP contribution in [0, 0.1) is 6.92 Å². The summed E-state index contributed by atoms with van der Waals surface area (Å²) in [5.41, 5.74) is 2.84. The van der Waals surface area contributed by atoms with Crippen molar-refractivity contribution in [3.63, 3.8) is 0 Å². The third-order valence-corrected chi connectivity index (χ3v) is 6.43. The number of rotatable bonds is 11. The molecule has 4 rings (SSSR count). The predicted molar refractivity (Wildman–Crippen MR) is 143 cm³/mol. The zero-order chi connectivity index (χ0) is 25.5. The fourth-order valence-electron chi connectivity index (χ4n) is 4.33. The highest BCUT2D eigenvalue weighted by Crippen LogP contribution is 2.22. The zero-order valence-electron chi connectivity index (χ0n) is 21.0. The van der Waals surface area contributed by atoms with E-state index in [4.69, 9.17) is 0 Å². The number of H-pyrrole nitrogens is 1. The van der Waals surface area contributed by atoms with Gasteiger partial charge in [-0.2, -0.15) is 0 Å². The summed E-state index contributed by atoms with van der Waals surface area (Å²) in [4.78, 5) is 49.9. The van der Waals surface area contributed by atoms with Gasteiger partial charge in [0.1, 0.15) is 0 Å². The van der Waals surface area contributed by atoms with Crippen molar-refractivity contribution in [3.05, 3.63) is 74.4 Å². The third-order valence-electron chi connectivity index (χ3n) is 6.43. The number of hydrogen-bond donors (Lipinski definition) is 2. The zero-order valence-corrected chi connectivity index (χ0v) is 21.0. The van der Waals surface area contributed by atoms with Crippen LogP contribution in [0.5, 0.6) is 0 Å². The van der Waals surface area contributed by atoms with E-state index in [2.05, 4.69) is 27.2 Å². The molecule has 0 radical (unpaired) electrons. The maximum absolute atomic E-state index is 13.1. The minimum absolute atomic E-state index is 0.0311. The second kappa shape index (κ2) is 11.7. The second-order valence-corrected chi connectivity index (χ2v) is 9.27. The van der Waals surface area contributed by atoms with Gasteiger partial charge >= 0.3 is 5.69 Å². The van der Waals surface area contributed by atoms with Crippen LogP contribution in [-0.2, 0) is 17.8 Å². The lowest BCUT2D eigenvalue weighted by Gasteiger charge is -2.11. The molecule has 1 amide bonds. The summed E-state index contributed by atoms with van der Waals surface area (Å²) >= 11 is 0. The summed E-state index contributed by atoms with van der Waals surface area (Å²) in [6, 6.07) is 13.2. The monoisotopic (exact) mass is 487 g/mol. The van der Waals surface area contributed by atoms with Crippen LogP contribution in [0.3, 0.4) is 0 Å². The quantitative estimate of drug-likeness (QED) is 0.232. The highest BCUT2D eigenvalue weighted by molar-refractivity contribution is 5.95. The van der Waals surface area contributed by atoms with Gasteiger partial charge in [0.25, 0.3) is 5.56 Å². The van der Waals surface area contributed by atoms with E-state index in [9.17, 15) is 14.4 Å². The number of carbonyl (C=O) groups excluding carboxylic acids is 1. The topological polar surface area (TPSA) is 110 Å². The molecule has 0 aliphatic carbocycles. The number of aromatic amines is 1. The van der Waals surface area contributed by atoms with E-state index in [1.807, 2.05) is 37.3 Å². The van der Waals surface area contributed by atoms with Crippen molar-refractivity contribution in [1.82, 2.24) is 19.5 Å². The maximum atomic E-state index is 13.1. The van der Waals surface area contributed by atoms with Crippen molar-refractivity contribution in [2.75, 3.05) is 5.32 Å². The molecule has 0 saturated heterocycles. The smallest absolute Gasteiger partial charge is 0.326 e. The molecule has 0 unspecified atom stereocenters. The number of fused-ring (bicyclic) bond motifs is 2. The molecule has 8 nitrogen and oxygen atoms in total. The number of benzene rings is 2. The standard InChI is InChI=1S/C28H33N5O3/c1-3-4-5-6-7-11-14-24(34)29-21-18-23-22(17-19(21)2)30-25-26(31-23)32-28(36)33(27(25)35)16-15-20-12-9-8-10-13-20/h8-10,12-13,17-18H,3-7,11,14-16H2,1-2H3,(H,29,34)(H,31,32,36). The molecule has 36 heavy (non-hydrogen) atoms. The van der Waals surface area contributed by atoms with Crippen molar-refractivity contribution in [2.24, 2.45) is 0 Å². The first-order valence-corrected chi connectivity index (χ1v) is 12.7. The lowest BCUT2D eigenvalue weighted by Crippen LogP contribution is -2.36. The molecule has 2 aromatic heterocycles. The van der Waals surface area contributed by atoms with Crippen molar-refractivity contribution in [1.29, 1.82) is 0 Å². The number of anilines is 1. The number of amides is 1. The number of carbonyl (C=O) groups is 1. The van der Waals surface area contributed by atoms with E-state index >= 15 is 0 Å². The van der Waals surface area contributed by atoms with Gasteiger partial charge in [0.2, 0.25) is 5.91 Å². The molecule has 0 bridgehead atoms. The minimum atomic E-state index is -0.517. The average Bonchev–Trinajstić information content (AvgIpc) is 2.86. The van der Waals surface area contributed by atoms with Crippen molar-refractivity contribution < 1.29 is 4.79 Å². The minimum Gasteiger partial charge on any atom is -0.326 e. The van der Waals surface area contributed by atoms with E-state index < -0.39 is 11.2 Å². The Labute approximate surface area is 209 Å². The summed E-state index contributed by atoms with van der Waals surface area (Å²) in [5.74, 6) is -0.0311. The Morgan fingerprint density at radius 3 is 2.47 bits per heavy atom. The summed E-state index contributed by atoms with van der Waals surface area (Å²) in [6.45, 7) is 4.32. The summed E-state index contributed by atoms with van der Waals surface area (Å²) < 4.78 is 1.17. The fraction of sp³-hybridized carbons (Fsp3) is 0.393. The number of aromatic nitrogens is 4. The van der Waals surface area contributed by atoms with E-state index in [1.54, 1.807) is 12.1 Å². The van der Waals surface area contributed by atoms with Gasteiger partial charge in [0.05, 0.1) is 11.0 Å². The summed E-state index contributed by atoms with van der Waals surface area (Å²) in [6.07, 6.45) is 7.77. The van der Waals surface area contributed by atoms with Crippen LogP contribution in [0.25, 0.3) is 22.2 Å². The van der Waals surface area contributed by atoms with Gasteiger partial charge in [-0.1, -0.05) is 69.4 Å². The first-order valence-electron chi connectivity index (χ1n) is 12.7. The SMILES string of the molecule is CCCCCCCCC(=O)Nc1cc2nc3[nH]c(=O)n(CCc4ccccc4)c(=O)c3nc2cc1C. The van der Waals surface area contributed by atoms with Gasteiger partial charge < -0.3 is 5.32 Å². The number of hydrogen-bond acceptors (Lipinski definition) is 5. The average molecular weight is 488 g/mol. The molecule has 8 heteroatoms. The third kappa shape index (κ3) is 6.05. The second-order valence-electron chi connectivity index (χ2n) is 9.27. The molecule has 2 aromatic carbocycles. The van der Waals surface area contributed by atoms with Crippen LogP contribution in [0.15, 0.2) is 52.1 Å². The predicted octanol–water partition coefficient (Wildman–Crippen LogP) is 4.87. The molecule has 0 aliphatic rings. The highest BCUT2D eigenvalue weighted by atomic mass is 16.2. The molecular weight excluding hydrogens is 454 g/mol. The highest BCUT2D eigenvalue weighted by Gasteiger charge is 2.14. The van der Waals surface area contributed by atoms with E-state index in [0.29, 0.717) is 29.6 Å². The number of nitrogens with zero attached hydrogens (tertiary/aromatic N) is 3. The molecular formula is C28H33N5O3. The maximum Gasteiger partial charge on any atom is 0.330 e. The molecule has 2 heterocycles. The first kappa shape index (κ1) is 25.3. The molecule has 2 N–H and O–H groups in total. The lowest BCUT2D eigenvalue weighted by molar-refractivity contribution is -0.116. The molecule has 0 aliphatic heterocycles. The Kier molecular flexibility index (Phi) is 8.25. The Bertz CT molecular complexity index is 1470. The molecule has 4 aromatic rings. The normalized spacial score (nSPS) is 11.3. The van der Waals surface area contributed by atoms with Crippen LogP contribution in [0.1, 0.15) is 63.0 Å². The molecule has 0 saturated carbocycles. The van der Waals surface area contributed by atoms with Crippen molar-refractivity contribution in [3.8, 4) is 0 Å². The van der Waals surface area contributed by atoms with Gasteiger partial charge in [-0.15, -0.1) is 0 Å². The van der Waals surface area contributed by atoms with Gasteiger partial charge in [0.15, 0.2) is 11.2 Å². The molecule has 188 valence electrons. The molecule has 0 atom stereocenters. The first-order chi connectivity index (χ1) is 17.5. The van der Waals surface area contributed by atoms with Gasteiger partial charge in [-0.25, -0.2) is 14.8 Å².